The zero-order chi connectivity index (χ0) is 11.0. The molecule has 1 aromatic rings. The zero-order valence-electron chi connectivity index (χ0n) is 8.81. The molecule has 0 spiro atoms. The first-order chi connectivity index (χ1) is 7.11. The molecule has 0 aliphatic carbocycles. The number of nitrogens with one attached hydrogen (secondary N) is 1. The third kappa shape index (κ3) is 2.39. The quantitative estimate of drug-likeness (QED) is 0.752. The van der Waals surface area contributed by atoms with Crippen LogP contribution in [0.15, 0.2) is 6.07 Å². The number of fused-ring (bicyclic) bond motifs is 1. The van der Waals surface area contributed by atoms with E-state index in [1.54, 1.807) is 6.07 Å². The van der Waals surface area contributed by atoms with Gasteiger partial charge in [0, 0.05) is 25.4 Å². The number of hydrogen-bond donors (Lipinski definition) is 2. The van der Waals surface area contributed by atoms with E-state index >= 15 is 0 Å². The third-order valence-corrected chi connectivity index (χ3v) is 3.21. The second kappa shape index (κ2) is 5.44. The minimum absolute atomic E-state index is 0. The Hall–Kier alpha value is -0.173. The van der Waals surface area contributed by atoms with E-state index in [1.165, 1.54) is 0 Å². The summed E-state index contributed by atoms with van der Waals surface area (Å²) in [7, 11) is 0. The first-order valence-corrected chi connectivity index (χ1v) is 5.30. The fourth-order valence-electron chi connectivity index (χ4n) is 1.77. The molecule has 1 aliphatic heterocycles. The maximum atomic E-state index is 10.9. The van der Waals surface area contributed by atoms with E-state index in [0.29, 0.717) is 6.54 Å². The number of carboxylic acid groups (broad SMARTS) is 1. The number of carbonyl (C=O) groups is 1. The minimum atomic E-state index is -1.08. The Labute approximate surface area is 115 Å². The van der Waals surface area contributed by atoms with Crippen LogP contribution in [-0.2, 0) is 13.0 Å². The van der Waals surface area contributed by atoms with Crippen LogP contribution in [0, 0.1) is 0 Å². The van der Waals surface area contributed by atoms with Gasteiger partial charge in [0.15, 0.2) is 0 Å². The molecule has 1 radical (unpaired) electrons. The minimum Gasteiger partial charge on any atom is -0.478 e. The van der Waals surface area contributed by atoms with Crippen LogP contribution in [0.2, 0.25) is 10.0 Å². The van der Waals surface area contributed by atoms with Gasteiger partial charge in [0.05, 0.1) is 15.6 Å². The standard InChI is InChI=1S/C10H9Cl2NO2.Li/c11-7-3-5-4-13-2-1-6(5)9(12)8(7)10(14)15;/h3,13H,1-2,4H2,(H,14,15);. The Morgan fingerprint density at radius 3 is 2.75 bits per heavy atom. The second-order valence-corrected chi connectivity index (χ2v) is 4.20. The van der Waals surface area contributed by atoms with E-state index in [1.807, 2.05) is 0 Å². The normalized spacial score (nSPS) is 13.9. The molecule has 0 aromatic heterocycles. The molecule has 1 aromatic carbocycles. The van der Waals surface area contributed by atoms with E-state index in [0.717, 1.165) is 24.1 Å². The topological polar surface area (TPSA) is 49.3 Å². The van der Waals surface area contributed by atoms with Crippen molar-refractivity contribution in [2.45, 2.75) is 13.0 Å². The van der Waals surface area contributed by atoms with Gasteiger partial charge in [0.1, 0.15) is 0 Å². The van der Waals surface area contributed by atoms with Crippen molar-refractivity contribution in [1.29, 1.82) is 0 Å². The molecule has 81 valence electrons. The first kappa shape index (κ1) is 13.9. The maximum absolute atomic E-state index is 10.9. The van der Waals surface area contributed by atoms with Gasteiger partial charge in [-0.2, -0.15) is 0 Å². The molecule has 1 heterocycles. The summed E-state index contributed by atoms with van der Waals surface area (Å²) in [6, 6.07) is 1.68. The number of halogens is 2. The fraction of sp³-hybridized carbons (Fsp3) is 0.300. The van der Waals surface area contributed by atoms with Crippen molar-refractivity contribution < 1.29 is 9.90 Å². The molecule has 0 saturated heterocycles. The predicted molar refractivity (Wildman–Crippen MR) is 64.6 cm³/mol. The summed E-state index contributed by atoms with van der Waals surface area (Å²) in [6.07, 6.45) is 0.742. The fourth-order valence-corrected chi connectivity index (χ4v) is 2.52. The first-order valence-electron chi connectivity index (χ1n) is 4.55. The summed E-state index contributed by atoms with van der Waals surface area (Å²) in [5.41, 5.74) is 1.90. The summed E-state index contributed by atoms with van der Waals surface area (Å²) in [5, 5.41) is 12.6. The van der Waals surface area contributed by atoms with Crippen LogP contribution in [-0.4, -0.2) is 36.5 Å². The van der Waals surface area contributed by atoms with Gasteiger partial charge < -0.3 is 10.4 Å². The van der Waals surface area contributed by atoms with Crippen molar-refractivity contribution in [3.63, 3.8) is 0 Å². The van der Waals surface area contributed by atoms with Crippen LogP contribution in [0.1, 0.15) is 21.5 Å². The van der Waals surface area contributed by atoms with Crippen molar-refractivity contribution in [2.75, 3.05) is 6.54 Å². The molecule has 3 nitrogen and oxygen atoms in total. The molecule has 2 rings (SSSR count). The molecule has 0 fully saturated rings. The second-order valence-electron chi connectivity index (χ2n) is 3.42. The SMILES string of the molecule is O=C(O)c1c(Cl)cc2c(c1Cl)CCNC2.[Li]. The van der Waals surface area contributed by atoms with Gasteiger partial charge in [-0.3, -0.25) is 0 Å². The Balaban J connectivity index is 0.00000128. The van der Waals surface area contributed by atoms with E-state index in [9.17, 15) is 4.79 Å². The molecular weight excluding hydrogens is 244 g/mol. The molecule has 0 bridgehead atoms. The van der Waals surface area contributed by atoms with Gasteiger partial charge in [0.25, 0.3) is 0 Å². The average molecular weight is 253 g/mol. The maximum Gasteiger partial charge on any atom is 0.338 e. The molecule has 1 aliphatic rings. The Morgan fingerprint density at radius 2 is 2.12 bits per heavy atom. The molecule has 0 saturated carbocycles. The number of rotatable bonds is 1. The van der Waals surface area contributed by atoms with E-state index in [-0.39, 0.29) is 34.5 Å². The number of benzene rings is 1. The molecular formula is C10H9Cl2LiNO2. The zero-order valence-corrected chi connectivity index (χ0v) is 10.3. The average Bonchev–Trinajstić information content (AvgIpc) is 2.17. The summed E-state index contributed by atoms with van der Waals surface area (Å²) in [4.78, 5) is 10.9. The summed E-state index contributed by atoms with van der Waals surface area (Å²) in [6.45, 7) is 1.50. The molecule has 2 N–H and O–H groups in total. The van der Waals surface area contributed by atoms with Gasteiger partial charge in [-0.1, -0.05) is 23.2 Å². The van der Waals surface area contributed by atoms with Crippen LogP contribution in [0.5, 0.6) is 0 Å². The largest absolute Gasteiger partial charge is 0.478 e. The van der Waals surface area contributed by atoms with Crippen molar-refractivity contribution in [3.8, 4) is 0 Å². The summed E-state index contributed by atoms with van der Waals surface area (Å²) in [5.74, 6) is -1.08. The van der Waals surface area contributed by atoms with Crippen LogP contribution < -0.4 is 5.32 Å². The predicted octanol–water partition coefficient (Wildman–Crippen LogP) is 1.96. The smallest absolute Gasteiger partial charge is 0.338 e. The van der Waals surface area contributed by atoms with Crippen LogP contribution in [0.4, 0.5) is 0 Å². The van der Waals surface area contributed by atoms with Crippen molar-refractivity contribution in [1.82, 2.24) is 5.32 Å². The van der Waals surface area contributed by atoms with Crippen molar-refractivity contribution in [3.05, 3.63) is 32.8 Å². The van der Waals surface area contributed by atoms with Gasteiger partial charge in [-0.15, -0.1) is 0 Å². The number of hydrogen-bond acceptors (Lipinski definition) is 2. The van der Waals surface area contributed by atoms with Gasteiger partial charge in [-0.25, -0.2) is 4.79 Å². The van der Waals surface area contributed by atoms with E-state index < -0.39 is 5.97 Å². The van der Waals surface area contributed by atoms with E-state index in [2.05, 4.69) is 5.32 Å². The summed E-state index contributed by atoms with van der Waals surface area (Å²) >= 11 is 11.9. The van der Waals surface area contributed by atoms with Crippen LogP contribution in [0.3, 0.4) is 0 Å². The van der Waals surface area contributed by atoms with Gasteiger partial charge >= 0.3 is 5.97 Å². The van der Waals surface area contributed by atoms with Crippen molar-refractivity contribution in [2.24, 2.45) is 0 Å². The number of aromatic carboxylic acids is 1. The van der Waals surface area contributed by atoms with Crippen LogP contribution >= 0.6 is 23.2 Å². The Kier molecular flexibility index (Phi) is 4.72. The molecule has 0 unspecified atom stereocenters. The molecule has 0 atom stereocenters. The number of carboxylic acids is 1. The van der Waals surface area contributed by atoms with Gasteiger partial charge in [0.2, 0.25) is 0 Å². The van der Waals surface area contributed by atoms with Gasteiger partial charge in [-0.05, 0) is 30.2 Å². The van der Waals surface area contributed by atoms with Crippen molar-refractivity contribution >= 4 is 48.0 Å². The molecule has 6 heteroatoms. The molecule has 16 heavy (non-hydrogen) atoms. The third-order valence-electron chi connectivity index (χ3n) is 2.49. The van der Waals surface area contributed by atoms with Crippen LogP contribution in [0.25, 0.3) is 0 Å². The van der Waals surface area contributed by atoms with E-state index in [4.69, 9.17) is 28.3 Å². The Bertz CT molecular complexity index is 437. The summed E-state index contributed by atoms with van der Waals surface area (Å²) < 4.78 is 0. The molecule has 0 amide bonds. The Morgan fingerprint density at radius 1 is 1.44 bits per heavy atom. The monoisotopic (exact) mass is 252 g/mol.